The average molecular weight is 370 g/mol. The Morgan fingerprint density at radius 1 is 1.12 bits per heavy atom. The van der Waals surface area contributed by atoms with E-state index in [0.717, 1.165) is 30.5 Å². The first-order valence-electron chi connectivity index (χ1n) is 9.48. The molecular weight excluding hydrogens is 334 g/mol. The summed E-state index contributed by atoms with van der Waals surface area (Å²) < 4.78 is 0. The van der Waals surface area contributed by atoms with E-state index in [9.17, 15) is 0 Å². The minimum Gasteiger partial charge on any atom is -0.399 e. The van der Waals surface area contributed by atoms with Gasteiger partial charge in [0.2, 0.25) is 0 Å². The van der Waals surface area contributed by atoms with E-state index in [1.165, 1.54) is 27.8 Å². The highest BCUT2D eigenvalue weighted by atomic mass is 32.2. The molecule has 1 aromatic rings. The van der Waals surface area contributed by atoms with Crippen molar-refractivity contribution in [2.75, 3.05) is 5.73 Å². The molecule has 1 nitrogen and oxygen atoms in total. The number of allylic oxidation sites excluding steroid dienone is 5. The van der Waals surface area contributed by atoms with Crippen molar-refractivity contribution >= 4 is 17.4 Å². The summed E-state index contributed by atoms with van der Waals surface area (Å²) in [5.41, 5.74) is 14.7. The van der Waals surface area contributed by atoms with Crippen molar-refractivity contribution in [1.29, 1.82) is 0 Å². The van der Waals surface area contributed by atoms with Gasteiger partial charge in [0.15, 0.2) is 0 Å². The molecule has 1 unspecified atom stereocenters. The van der Waals surface area contributed by atoms with Crippen LogP contribution in [0.3, 0.4) is 0 Å². The molecule has 0 saturated carbocycles. The van der Waals surface area contributed by atoms with Crippen LogP contribution in [0, 0.1) is 13.8 Å². The average Bonchev–Trinajstić information content (AvgIpc) is 2.62. The van der Waals surface area contributed by atoms with Gasteiger partial charge in [-0.15, -0.1) is 11.8 Å². The van der Waals surface area contributed by atoms with E-state index in [4.69, 9.17) is 5.73 Å². The van der Waals surface area contributed by atoms with E-state index in [1.54, 1.807) is 0 Å². The number of aryl methyl sites for hydroxylation is 2. The molecule has 0 radical (unpaired) electrons. The minimum absolute atomic E-state index is 0.442. The molecule has 0 saturated heterocycles. The van der Waals surface area contributed by atoms with Crippen molar-refractivity contribution in [3.05, 3.63) is 75.8 Å². The van der Waals surface area contributed by atoms with Gasteiger partial charge in [-0.05, 0) is 80.7 Å². The van der Waals surface area contributed by atoms with Gasteiger partial charge in [-0.3, -0.25) is 0 Å². The van der Waals surface area contributed by atoms with E-state index in [0.29, 0.717) is 5.25 Å². The molecule has 0 aromatic heterocycles. The summed E-state index contributed by atoms with van der Waals surface area (Å²) in [5.74, 6) is 0. The summed E-state index contributed by atoms with van der Waals surface area (Å²) in [6.45, 7) is 17.0. The minimum atomic E-state index is 0.442. The van der Waals surface area contributed by atoms with Crippen LogP contribution in [-0.4, -0.2) is 5.25 Å². The fourth-order valence-electron chi connectivity index (χ4n) is 2.70. The Kier molecular flexibility index (Phi) is 9.58. The van der Waals surface area contributed by atoms with Crippen molar-refractivity contribution in [3.63, 3.8) is 0 Å². The van der Waals surface area contributed by atoms with Gasteiger partial charge in [-0.2, -0.15) is 0 Å². The topological polar surface area (TPSA) is 26.0 Å². The summed E-state index contributed by atoms with van der Waals surface area (Å²) in [6, 6.07) is 4.30. The number of rotatable bonds is 9. The zero-order valence-corrected chi connectivity index (χ0v) is 18.2. The van der Waals surface area contributed by atoms with E-state index < -0.39 is 0 Å². The second-order valence-corrected chi connectivity index (χ2v) is 8.12. The number of nitrogens with two attached hydrogens (primary N) is 1. The molecule has 0 aliphatic rings. The summed E-state index contributed by atoms with van der Waals surface area (Å²) in [4.78, 5) is 0. The molecular formula is C24H35NS. The molecule has 1 aromatic carbocycles. The lowest BCUT2D eigenvalue weighted by Gasteiger charge is -2.15. The Morgan fingerprint density at radius 3 is 2.38 bits per heavy atom. The van der Waals surface area contributed by atoms with Crippen LogP contribution in [0.5, 0.6) is 0 Å². The van der Waals surface area contributed by atoms with Crippen molar-refractivity contribution in [2.45, 2.75) is 66.1 Å². The zero-order chi connectivity index (χ0) is 19.7. The number of nitrogen functional groups attached to an aromatic ring is 1. The maximum atomic E-state index is 6.01. The summed E-state index contributed by atoms with van der Waals surface area (Å²) >= 11 is 1.90. The number of hydrogen-bond donors (Lipinski definition) is 1. The van der Waals surface area contributed by atoms with Crippen LogP contribution in [0.4, 0.5) is 5.69 Å². The molecule has 26 heavy (non-hydrogen) atoms. The lowest BCUT2D eigenvalue weighted by atomic mass is 9.99. The van der Waals surface area contributed by atoms with Crippen molar-refractivity contribution < 1.29 is 0 Å². The van der Waals surface area contributed by atoms with Crippen LogP contribution in [0.25, 0.3) is 0 Å². The van der Waals surface area contributed by atoms with Crippen LogP contribution < -0.4 is 5.73 Å². The van der Waals surface area contributed by atoms with Crippen molar-refractivity contribution in [2.24, 2.45) is 0 Å². The normalized spacial score (nSPS) is 14.5. The van der Waals surface area contributed by atoms with Crippen LogP contribution in [0.15, 0.2) is 59.1 Å². The SMILES string of the molecule is C=C/C(=C\C=C(/C)CC)C(CC)S/C=C(\C)Cc1cc(C)c(N)cc1C. The quantitative estimate of drug-likeness (QED) is 0.365. The Morgan fingerprint density at radius 2 is 1.81 bits per heavy atom. The maximum Gasteiger partial charge on any atom is 0.0346 e. The van der Waals surface area contributed by atoms with E-state index in [1.807, 2.05) is 17.8 Å². The maximum absolute atomic E-state index is 6.01. The monoisotopic (exact) mass is 369 g/mol. The van der Waals surface area contributed by atoms with Gasteiger partial charge < -0.3 is 5.73 Å². The Labute approximate surface area is 165 Å². The van der Waals surface area contributed by atoms with Gasteiger partial charge in [0.25, 0.3) is 0 Å². The first-order chi connectivity index (χ1) is 12.3. The molecule has 0 bridgehead atoms. The van der Waals surface area contributed by atoms with Crippen molar-refractivity contribution in [1.82, 2.24) is 0 Å². The highest BCUT2D eigenvalue weighted by molar-refractivity contribution is 8.02. The first-order valence-corrected chi connectivity index (χ1v) is 10.4. The Bertz CT molecular complexity index is 707. The summed E-state index contributed by atoms with van der Waals surface area (Å²) in [5, 5.41) is 2.75. The predicted octanol–water partition coefficient (Wildman–Crippen LogP) is 7.31. The largest absolute Gasteiger partial charge is 0.399 e. The highest BCUT2D eigenvalue weighted by Gasteiger charge is 2.09. The summed E-state index contributed by atoms with van der Waals surface area (Å²) in [6.07, 6.45) is 9.59. The second kappa shape index (κ2) is 11.1. The van der Waals surface area contributed by atoms with E-state index in [-0.39, 0.29) is 0 Å². The van der Waals surface area contributed by atoms with Gasteiger partial charge >= 0.3 is 0 Å². The predicted molar refractivity (Wildman–Crippen MR) is 122 cm³/mol. The molecule has 0 aliphatic carbocycles. The van der Waals surface area contributed by atoms with Crippen LogP contribution in [0.2, 0.25) is 0 Å². The number of hydrogen-bond acceptors (Lipinski definition) is 2. The fraction of sp³-hybridized carbons (Fsp3) is 0.417. The Balaban J connectivity index is 2.88. The lowest BCUT2D eigenvalue weighted by Crippen LogP contribution is -2.02. The van der Waals surface area contributed by atoms with Gasteiger partial charge in [0.1, 0.15) is 0 Å². The number of benzene rings is 1. The van der Waals surface area contributed by atoms with E-state index in [2.05, 4.69) is 77.8 Å². The molecule has 0 aliphatic heterocycles. The summed E-state index contributed by atoms with van der Waals surface area (Å²) in [7, 11) is 0. The smallest absolute Gasteiger partial charge is 0.0346 e. The molecule has 2 N–H and O–H groups in total. The molecule has 0 fully saturated rings. The lowest BCUT2D eigenvalue weighted by molar-refractivity contribution is 0.948. The molecule has 1 rings (SSSR count). The Hall–Kier alpha value is -1.67. The standard InChI is InChI=1S/C24H35NS/c1-8-17(4)11-12-21(9-2)24(10-3)26-16-18(5)13-22-14-20(7)23(25)15-19(22)6/h9,11-12,14-16,24H,2,8,10,13,25H2,1,3-7H3/b17-11+,18-16+,21-12+. The third-order valence-electron chi connectivity index (χ3n) is 4.72. The molecule has 2 heteroatoms. The highest BCUT2D eigenvalue weighted by Crippen LogP contribution is 2.27. The molecule has 142 valence electrons. The molecule has 0 amide bonds. The second-order valence-electron chi connectivity index (χ2n) is 7.05. The molecule has 1 atom stereocenters. The van der Waals surface area contributed by atoms with Crippen LogP contribution in [-0.2, 0) is 6.42 Å². The van der Waals surface area contributed by atoms with Gasteiger partial charge in [0, 0.05) is 10.9 Å². The number of thioether (sulfide) groups is 1. The molecule has 0 heterocycles. The van der Waals surface area contributed by atoms with E-state index >= 15 is 0 Å². The third kappa shape index (κ3) is 6.92. The van der Waals surface area contributed by atoms with Gasteiger partial charge in [-0.1, -0.05) is 55.9 Å². The van der Waals surface area contributed by atoms with Crippen LogP contribution >= 0.6 is 11.8 Å². The van der Waals surface area contributed by atoms with Crippen molar-refractivity contribution in [3.8, 4) is 0 Å². The van der Waals surface area contributed by atoms with Gasteiger partial charge in [0.05, 0.1) is 0 Å². The first kappa shape index (κ1) is 22.4. The third-order valence-corrected chi connectivity index (χ3v) is 6.20. The molecule has 0 spiro atoms. The van der Waals surface area contributed by atoms with Gasteiger partial charge in [-0.25, -0.2) is 0 Å². The fourth-order valence-corrected chi connectivity index (χ4v) is 3.71. The van der Waals surface area contributed by atoms with Crippen LogP contribution in [0.1, 0.15) is 57.2 Å². The number of anilines is 1. The zero-order valence-electron chi connectivity index (χ0n) is 17.4.